The highest BCUT2D eigenvalue weighted by Crippen LogP contribution is 2.41. The van der Waals surface area contributed by atoms with Crippen molar-refractivity contribution in [3.8, 4) is 0 Å². The molecule has 2 fully saturated rings. The molecule has 1 unspecified atom stereocenters. The fraction of sp³-hybridized carbons (Fsp3) is 0.706. The van der Waals surface area contributed by atoms with E-state index in [4.69, 9.17) is 0 Å². The summed E-state index contributed by atoms with van der Waals surface area (Å²) in [6.07, 6.45) is 10.4. The van der Waals surface area contributed by atoms with Crippen molar-refractivity contribution in [1.29, 1.82) is 0 Å². The van der Waals surface area contributed by atoms with E-state index < -0.39 is 0 Å². The minimum Gasteiger partial charge on any atom is -0.345 e. The van der Waals surface area contributed by atoms with Gasteiger partial charge in [-0.05, 0) is 56.2 Å². The van der Waals surface area contributed by atoms with Crippen molar-refractivity contribution in [2.75, 3.05) is 13.6 Å². The van der Waals surface area contributed by atoms with Crippen LogP contribution in [0.5, 0.6) is 0 Å². The number of hydrogen-bond donors (Lipinski definition) is 1. The second kappa shape index (κ2) is 6.22. The van der Waals surface area contributed by atoms with Gasteiger partial charge in [-0.1, -0.05) is 6.92 Å². The van der Waals surface area contributed by atoms with E-state index in [1.807, 2.05) is 16.5 Å². The molecule has 0 saturated heterocycles. The second-order valence-electron chi connectivity index (χ2n) is 6.62. The highest BCUT2D eigenvalue weighted by molar-refractivity contribution is 5.76. The van der Waals surface area contributed by atoms with Crippen LogP contribution in [0.1, 0.15) is 50.6 Å². The SMILES string of the molecule is CCCNC(c1ccn(CC(=O)N(C)C2CC2)c1)C1CC1. The Morgan fingerprint density at radius 3 is 2.81 bits per heavy atom. The molecule has 1 N–H and O–H groups in total. The van der Waals surface area contributed by atoms with Crippen LogP contribution in [0.4, 0.5) is 0 Å². The number of rotatable bonds is 8. The van der Waals surface area contributed by atoms with Gasteiger partial charge in [-0.15, -0.1) is 0 Å². The molecule has 1 heterocycles. The van der Waals surface area contributed by atoms with E-state index in [2.05, 4.69) is 30.7 Å². The summed E-state index contributed by atoms with van der Waals surface area (Å²) in [6, 6.07) is 3.15. The van der Waals surface area contributed by atoms with Crippen LogP contribution in [0.25, 0.3) is 0 Å². The number of hydrogen-bond acceptors (Lipinski definition) is 2. The van der Waals surface area contributed by atoms with Gasteiger partial charge in [-0.3, -0.25) is 4.79 Å². The van der Waals surface area contributed by atoms with Gasteiger partial charge >= 0.3 is 0 Å². The maximum absolute atomic E-state index is 12.2. The summed E-state index contributed by atoms with van der Waals surface area (Å²) in [5.41, 5.74) is 1.34. The lowest BCUT2D eigenvalue weighted by Crippen LogP contribution is -2.31. The van der Waals surface area contributed by atoms with Crippen LogP contribution in [0, 0.1) is 5.92 Å². The van der Waals surface area contributed by atoms with Crippen molar-refractivity contribution < 1.29 is 4.79 Å². The largest absolute Gasteiger partial charge is 0.345 e. The molecule has 1 atom stereocenters. The van der Waals surface area contributed by atoms with Crippen LogP contribution in [0.15, 0.2) is 18.5 Å². The molecule has 116 valence electrons. The Morgan fingerprint density at radius 1 is 1.43 bits per heavy atom. The Balaban J connectivity index is 1.60. The number of nitrogens with one attached hydrogen (secondary N) is 1. The maximum Gasteiger partial charge on any atom is 0.242 e. The molecule has 0 aromatic carbocycles. The number of nitrogens with zero attached hydrogens (tertiary/aromatic N) is 2. The molecule has 1 amide bonds. The van der Waals surface area contributed by atoms with E-state index in [0.717, 1.165) is 18.9 Å². The van der Waals surface area contributed by atoms with Crippen LogP contribution < -0.4 is 5.32 Å². The van der Waals surface area contributed by atoms with E-state index in [1.54, 1.807) is 0 Å². The third kappa shape index (κ3) is 3.67. The highest BCUT2D eigenvalue weighted by Gasteiger charge is 2.32. The van der Waals surface area contributed by atoms with Crippen LogP contribution in [0.3, 0.4) is 0 Å². The molecule has 0 bridgehead atoms. The first-order chi connectivity index (χ1) is 10.2. The molecular formula is C17H27N3O. The zero-order chi connectivity index (χ0) is 14.8. The first-order valence-corrected chi connectivity index (χ1v) is 8.33. The molecule has 2 aliphatic carbocycles. The van der Waals surface area contributed by atoms with E-state index in [9.17, 15) is 4.79 Å². The molecule has 4 nitrogen and oxygen atoms in total. The quantitative estimate of drug-likeness (QED) is 0.798. The van der Waals surface area contributed by atoms with Gasteiger partial charge in [0.1, 0.15) is 6.54 Å². The maximum atomic E-state index is 12.2. The molecule has 1 aromatic heterocycles. The van der Waals surface area contributed by atoms with Gasteiger partial charge < -0.3 is 14.8 Å². The van der Waals surface area contributed by atoms with Crippen LogP contribution >= 0.6 is 0 Å². The third-order valence-electron chi connectivity index (χ3n) is 4.65. The van der Waals surface area contributed by atoms with E-state index in [1.165, 1.54) is 31.2 Å². The van der Waals surface area contributed by atoms with Gasteiger partial charge in [0.15, 0.2) is 0 Å². The fourth-order valence-corrected chi connectivity index (χ4v) is 2.96. The van der Waals surface area contributed by atoms with Crippen molar-refractivity contribution in [3.63, 3.8) is 0 Å². The lowest BCUT2D eigenvalue weighted by Gasteiger charge is -2.17. The zero-order valence-corrected chi connectivity index (χ0v) is 13.2. The number of carbonyl (C=O) groups excluding carboxylic acids is 1. The normalized spacial score (nSPS) is 19.5. The Kier molecular flexibility index (Phi) is 4.34. The van der Waals surface area contributed by atoms with Crippen molar-refractivity contribution >= 4 is 5.91 Å². The molecule has 0 radical (unpaired) electrons. The van der Waals surface area contributed by atoms with Gasteiger partial charge in [0.2, 0.25) is 5.91 Å². The molecule has 0 aliphatic heterocycles. The van der Waals surface area contributed by atoms with Gasteiger partial charge in [-0.25, -0.2) is 0 Å². The van der Waals surface area contributed by atoms with E-state index in [-0.39, 0.29) is 5.91 Å². The van der Waals surface area contributed by atoms with Crippen LogP contribution in [-0.2, 0) is 11.3 Å². The van der Waals surface area contributed by atoms with Crippen molar-refractivity contribution in [2.24, 2.45) is 5.92 Å². The molecular weight excluding hydrogens is 262 g/mol. The van der Waals surface area contributed by atoms with Gasteiger partial charge in [0, 0.05) is 31.5 Å². The molecule has 2 aliphatic rings. The second-order valence-corrected chi connectivity index (χ2v) is 6.62. The predicted octanol–water partition coefficient (Wildman–Crippen LogP) is 2.56. The summed E-state index contributed by atoms with van der Waals surface area (Å²) in [4.78, 5) is 14.1. The lowest BCUT2D eigenvalue weighted by atomic mass is 10.1. The number of carbonyl (C=O) groups is 1. The van der Waals surface area contributed by atoms with Gasteiger partial charge in [-0.2, -0.15) is 0 Å². The predicted molar refractivity (Wildman–Crippen MR) is 84.0 cm³/mol. The third-order valence-corrected chi connectivity index (χ3v) is 4.65. The monoisotopic (exact) mass is 289 g/mol. The summed E-state index contributed by atoms with van der Waals surface area (Å²) in [5.74, 6) is 1.02. The van der Waals surface area contributed by atoms with Gasteiger partial charge in [0.05, 0.1) is 0 Å². The summed E-state index contributed by atoms with van der Waals surface area (Å²) in [7, 11) is 1.93. The minimum atomic E-state index is 0.226. The Bertz CT molecular complexity index is 488. The highest BCUT2D eigenvalue weighted by atomic mass is 16.2. The zero-order valence-electron chi connectivity index (χ0n) is 13.2. The summed E-state index contributed by atoms with van der Waals surface area (Å²) < 4.78 is 2.04. The van der Waals surface area contributed by atoms with Crippen LogP contribution in [0.2, 0.25) is 0 Å². The number of amides is 1. The average molecular weight is 289 g/mol. The number of aromatic nitrogens is 1. The average Bonchev–Trinajstić information content (AvgIpc) is 3.38. The molecule has 4 heteroatoms. The van der Waals surface area contributed by atoms with E-state index >= 15 is 0 Å². The Labute approximate surface area is 127 Å². The topological polar surface area (TPSA) is 37.3 Å². The summed E-state index contributed by atoms with van der Waals surface area (Å²) in [5, 5.41) is 3.66. The first kappa shape index (κ1) is 14.6. The van der Waals surface area contributed by atoms with Crippen LogP contribution in [-0.4, -0.2) is 35.0 Å². The van der Waals surface area contributed by atoms with Crippen molar-refractivity contribution in [2.45, 2.75) is 57.7 Å². The summed E-state index contributed by atoms with van der Waals surface area (Å²) in [6.45, 7) is 3.74. The lowest BCUT2D eigenvalue weighted by molar-refractivity contribution is -0.131. The van der Waals surface area contributed by atoms with Crippen molar-refractivity contribution in [1.82, 2.24) is 14.8 Å². The fourth-order valence-electron chi connectivity index (χ4n) is 2.96. The molecule has 1 aromatic rings. The molecule has 0 spiro atoms. The molecule has 2 saturated carbocycles. The number of likely N-dealkylation sites (N-methyl/N-ethyl adjacent to an activating group) is 1. The van der Waals surface area contributed by atoms with Crippen molar-refractivity contribution in [3.05, 3.63) is 24.0 Å². The first-order valence-electron chi connectivity index (χ1n) is 8.33. The Morgan fingerprint density at radius 2 is 2.19 bits per heavy atom. The summed E-state index contributed by atoms with van der Waals surface area (Å²) >= 11 is 0. The standard InChI is InChI=1S/C17H27N3O/c1-3-9-18-17(13-4-5-13)14-8-10-20(11-14)12-16(21)19(2)15-6-7-15/h8,10-11,13,15,17-18H,3-7,9,12H2,1-2H3. The van der Waals surface area contributed by atoms with Gasteiger partial charge in [0.25, 0.3) is 0 Å². The smallest absolute Gasteiger partial charge is 0.242 e. The van der Waals surface area contributed by atoms with E-state index in [0.29, 0.717) is 18.6 Å². The minimum absolute atomic E-state index is 0.226. The molecule has 21 heavy (non-hydrogen) atoms. The Hall–Kier alpha value is -1.29. The molecule has 3 rings (SSSR count).